The zero-order chi connectivity index (χ0) is 18.2. The number of amides is 1. The van der Waals surface area contributed by atoms with Crippen molar-refractivity contribution in [1.29, 1.82) is 0 Å². The van der Waals surface area contributed by atoms with E-state index >= 15 is 0 Å². The third-order valence-corrected chi connectivity index (χ3v) is 5.16. The molecular weight excluding hydrogens is 358 g/mol. The molecule has 1 amide bonds. The first-order valence-electron chi connectivity index (χ1n) is 7.99. The van der Waals surface area contributed by atoms with Crippen LogP contribution in [0.3, 0.4) is 0 Å². The molecule has 6 heteroatoms. The van der Waals surface area contributed by atoms with Crippen molar-refractivity contribution >= 4 is 32.9 Å². The van der Waals surface area contributed by atoms with Crippen molar-refractivity contribution in [3.63, 3.8) is 0 Å². The fourth-order valence-electron chi connectivity index (χ4n) is 2.54. The zero-order valence-corrected chi connectivity index (χ0v) is 15.6. The largest absolute Gasteiger partial charge is 0.342 e. The van der Waals surface area contributed by atoms with Crippen LogP contribution in [0.2, 0.25) is 0 Å². The van der Waals surface area contributed by atoms with Crippen LogP contribution in [0.15, 0.2) is 53.4 Å². The lowest BCUT2D eigenvalue weighted by molar-refractivity contribution is 0.0789. The normalized spacial score (nSPS) is 11.8. The number of halogens is 1. The Bertz CT molecular complexity index is 762. The van der Waals surface area contributed by atoms with Gasteiger partial charge in [-0.05, 0) is 53.7 Å². The first-order valence-corrected chi connectivity index (χ1v) is 9.97. The van der Waals surface area contributed by atoms with Gasteiger partial charge in [-0.25, -0.2) is 4.21 Å². The van der Waals surface area contributed by atoms with Gasteiger partial charge in [0.25, 0.3) is 5.91 Å². The van der Waals surface area contributed by atoms with E-state index in [4.69, 9.17) is 10.7 Å². The molecule has 132 valence electrons. The molecule has 0 aromatic heterocycles. The lowest BCUT2D eigenvalue weighted by Gasteiger charge is -2.18. The minimum absolute atomic E-state index is 0.142. The molecule has 0 aliphatic carbocycles. The molecule has 4 nitrogen and oxygen atoms in total. The van der Waals surface area contributed by atoms with Gasteiger partial charge in [0.15, 0.2) is 6.29 Å². The van der Waals surface area contributed by atoms with Crippen LogP contribution >= 0.6 is 10.7 Å². The number of carbonyl (C=O) groups excluding carboxylic acids is 2. The molecule has 0 bridgehead atoms. The van der Waals surface area contributed by atoms with Crippen LogP contribution in [0.1, 0.15) is 39.1 Å². The number of hydrogen-bond acceptors (Lipinski definition) is 3. The van der Waals surface area contributed by atoms with Gasteiger partial charge < -0.3 is 4.90 Å². The minimum Gasteiger partial charge on any atom is -0.342 e. The maximum absolute atomic E-state index is 12.4. The van der Waals surface area contributed by atoms with E-state index in [1.54, 1.807) is 48.3 Å². The number of carbonyl (C=O) groups is 2. The Kier molecular flexibility index (Phi) is 7.34. The van der Waals surface area contributed by atoms with Crippen molar-refractivity contribution in [2.45, 2.75) is 24.2 Å². The van der Waals surface area contributed by atoms with Gasteiger partial charge in [-0.2, -0.15) is 0 Å². The van der Waals surface area contributed by atoms with Gasteiger partial charge in [-0.15, -0.1) is 0 Å². The third kappa shape index (κ3) is 5.51. The number of nitrogens with zero attached hydrogens (tertiary/aromatic N) is 1. The highest BCUT2D eigenvalue weighted by Gasteiger charge is 2.14. The number of benzene rings is 2. The van der Waals surface area contributed by atoms with E-state index in [1.165, 1.54) is 0 Å². The highest BCUT2D eigenvalue weighted by molar-refractivity contribution is 8.08. The van der Waals surface area contributed by atoms with E-state index in [0.717, 1.165) is 24.8 Å². The van der Waals surface area contributed by atoms with Crippen molar-refractivity contribution < 1.29 is 13.8 Å². The van der Waals surface area contributed by atoms with Crippen molar-refractivity contribution in [2.75, 3.05) is 13.6 Å². The second kappa shape index (κ2) is 9.49. The summed E-state index contributed by atoms with van der Waals surface area (Å²) in [4.78, 5) is 25.7. The molecular formula is C19H20ClNO3S. The quantitative estimate of drug-likeness (QED) is 0.399. The molecule has 1 unspecified atom stereocenters. The van der Waals surface area contributed by atoms with Gasteiger partial charge >= 0.3 is 0 Å². The molecule has 0 saturated carbocycles. The van der Waals surface area contributed by atoms with Crippen molar-refractivity contribution in [1.82, 2.24) is 4.90 Å². The highest BCUT2D eigenvalue weighted by atomic mass is 35.7. The van der Waals surface area contributed by atoms with Crippen LogP contribution in [-0.4, -0.2) is 34.9 Å². The summed E-state index contributed by atoms with van der Waals surface area (Å²) in [7, 11) is 5.80. The van der Waals surface area contributed by atoms with Crippen molar-refractivity contribution in [2.24, 2.45) is 0 Å². The van der Waals surface area contributed by atoms with Gasteiger partial charge in [0.1, 0.15) is 10.0 Å². The lowest BCUT2D eigenvalue weighted by Crippen LogP contribution is -2.28. The Labute approximate surface area is 154 Å². The molecule has 0 aliphatic rings. The standard InChI is InChI=1S/C19H20ClNO3S/c1-21(19(23)18-8-3-2-7-16(18)14-22)13-5-4-6-15-9-11-17(12-10-15)25(20)24/h2-3,7-12,14H,4-6,13H2,1H3. The van der Waals surface area contributed by atoms with Crippen LogP contribution < -0.4 is 0 Å². The number of aldehydes is 1. The Morgan fingerprint density at radius 2 is 1.80 bits per heavy atom. The summed E-state index contributed by atoms with van der Waals surface area (Å²) in [6.45, 7) is 0.621. The lowest BCUT2D eigenvalue weighted by atomic mass is 10.1. The Hall–Kier alpha value is -1.98. The Morgan fingerprint density at radius 1 is 1.12 bits per heavy atom. The average Bonchev–Trinajstić information content (AvgIpc) is 2.64. The van der Waals surface area contributed by atoms with E-state index in [1.807, 2.05) is 12.1 Å². The molecule has 0 N–H and O–H groups in total. The predicted octanol–water partition coefficient (Wildman–Crippen LogP) is 3.86. The van der Waals surface area contributed by atoms with Crippen molar-refractivity contribution in [3.05, 3.63) is 65.2 Å². The van der Waals surface area contributed by atoms with Crippen molar-refractivity contribution in [3.8, 4) is 0 Å². The molecule has 1 atom stereocenters. The van der Waals surface area contributed by atoms with Crippen LogP contribution in [-0.2, 0) is 16.4 Å². The summed E-state index contributed by atoms with van der Waals surface area (Å²) in [5, 5.41) is 0. The molecule has 2 rings (SSSR count). The molecule has 2 aromatic rings. The number of hydrogen-bond donors (Lipinski definition) is 0. The summed E-state index contributed by atoms with van der Waals surface area (Å²) in [5.41, 5.74) is 1.99. The summed E-state index contributed by atoms with van der Waals surface area (Å²) in [6.07, 6.45) is 3.37. The molecule has 0 spiro atoms. The SMILES string of the molecule is CN(CCCCc1ccc(S(=O)Cl)cc1)C(=O)c1ccccc1C=O. The molecule has 0 saturated heterocycles. The number of rotatable bonds is 8. The van der Waals surface area contributed by atoms with Gasteiger partial charge in [0.05, 0.1) is 10.5 Å². The van der Waals surface area contributed by atoms with Crippen LogP contribution in [0, 0.1) is 0 Å². The Balaban J connectivity index is 1.82. The topological polar surface area (TPSA) is 54.5 Å². The summed E-state index contributed by atoms with van der Waals surface area (Å²) >= 11 is 0. The van der Waals surface area contributed by atoms with Gasteiger partial charge in [0, 0.05) is 19.2 Å². The first kappa shape index (κ1) is 19.3. The van der Waals surface area contributed by atoms with Gasteiger partial charge in [-0.1, -0.05) is 30.3 Å². The zero-order valence-electron chi connectivity index (χ0n) is 14.0. The van der Waals surface area contributed by atoms with Gasteiger partial charge in [-0.3, -0.25) is 9.59 Å². The Morgan fingerprint density at radius 3 is 2.44 bits per heavy atom. The summed E-state index contributed by atoms with van der Waals surface area (Å²) < 4.78 is 11.1. The molecule has 0 radical (unpaired) electrons. The molecule has 0 fully saturated rings. The first-order chi connectivity index (χ1) is 12.0. The second-order valence-electron chi connectivity index (χ2n) is 5.76. The van der Waals surface area contributed by atoms with Crippen LogP contribution in [0.25, 0.3) is 0 Å². The second-order valence-corrected chi connectivity index (χ2v) is 7.52. The molecule has 0 aliphatic heterocycles. The highest BCUT2D eigenvalue weighted by Crippen LogP contribution is 2.14. The monoisotopic (exact) mass is 377 g/mol. The fraction of sp³-hybridized carbons (Fsp3) is 0.263. The maximum Gasteiger partial charge on any atom is 0.254 e. The third-order valence-electron chi connectivity index (χ3n) is 3.98. The van der Waals surface area contributed by atoms with E-state index in [0.29, 0.717) is 28.9 Å². The predicted molar refractivity (Wildman–Crippen MR) is 100 cm³/mol. The van der Waals surface area contributed by atoms with E-state index in [9.17, 15) is 13.8 Å². The van der Waals surface area contributed by atoms with Crippen LogP contribution in [0.5, 0.6) is 0 Å². The number of unbranched alkanes of at least 4 members (excludes halogenated alkanes) is 1. The van der Waals surface area contributed by atoms with E-state index < -0.39 is 10.0 Å². The number of aryl methyl sites for hydroxylation is 1. The molecule has 25 heavy (non-hydrogen) atoms. The minimum atomic E-state index is -1.47. The summed E-state index contributed by atoms with van der Waals surface area (Å²) in [5.74, 6) is -0.142. The fourth-order valence-corrected chi connectivity index (χ4v) is 3.20. The van der Waals surface area contributed by atoms with E-state index in [-0.39, 0.29) is 5.91 Å². The maximum atomic E-state index is 12.4. The average molecular weight is 378 g/mol. The molecule has 0 heterocycles. The van der Waals surface area contributed by atoms with E-state index in [2.05, 4.69) is 0 Å². The van der Waals surface area contributed by atoms with Crippen LogP contribution in [0.4, 0.5) is 0 Å². The molecule has 2 aromatic carbocycles. The smallest absolute Gasteiger partial charge is 0.254 e. The van der Waals surface area contributed by atoms with Gasteiger partial charge in [0.2, 0.25) is 0 Å². The summed E-state index contributed by atoms with van der Waals surface area (Å²) in [6, 6.07) is 14.2.